The van der Waals surface area contributed by atoms with Crippen LogP contribution in [0, 0.1) is 0 Å². The smallest absolute Gasteiger partial charge is 0.455 e. The highest BCUT2D eigenvalue weighted by Crippen LogP contribution is 2.35. The molecule has 0 radical (unpaired) electrons. The SMILES string of the molecule is FC(F)(F)Oc1ccc(-c2ccc(Oc3ccccc3)c(NCCCCc3ccccc3)c2)cc1. The molecular weight excluding hydrogens is 451 g/mol. The van der Waals surface area contributed by atoms with E-state index in [2.05, 4.69) is 22.2 Å². The Kier molecular flexibility index (Phi) is 7.93. The lowest BCUT2D eigenvalue weighted by molar-refractivity contribution is -0.274. The van der Waals surface area contributed by atoms with Crippen molar-refractivity contribution in [1.29, 1.82) is 0 Å². The first-order valence-corrected chi connectivity index (χ1v) is 11.5. The van der Waals surface area contributed by atoms with Gasteiger partial charge in [-0.3, -0.25) is 0 Å². The molecule has 4 aromatic carbocycles. The Labute approximate surface area is 203 Å². The number of rotatable bonds is 10. The van der Waals surface area contributed by atoms with E-state index >= 15 is 0 Å². The van der Waals surface area contributed by atoms with E-state index in [4.69, 9.17) is 4.74 Å². The van der Waals surface area contributed by atoms with Gasteiger partial charge in [0.15, 0.2) is 5.75 Å². The van der Waals surface area contributed by atoms with Crippen LogP contribution in [0.2, 0.25) is 0 Å². The average Bonchev–Trinajstić information content (AvgIpc) is 2.85. The largest absolute Gasteiger partial charge is 0.573 e. The first-order chi connectivity index (χ1) is 17.0. The van der Waals surface area contributed by atoms with Gasteiger partial charge in [0.25, 0.3) is 0 Å². The third-order valence-corrected chi connectivity index (χ3v) is 5.42. The molecule has 4 rings (SSSR count). The number of unbranched alkanes of at least 4 members (excludes halogenated alkanes) is 1. The van der Waals surface area contributed by atoms with Crippen molar-refractivity contribution in [3.8, 4) is 28.4 Å². The molecule has 0 spiro atoms. The minimum atomic E-state index is -4.71. The zero-order valence-corrected chi connectivity index (χ0v) is 19.1. The van der Waals surface area contributed by atoms with Gasteiger partial charge < -0.3 is 14.8 Å². The number of para-hydroxylation sites is 1. The van der Waals surface area contributed by atoms with E-state index in [1.54, 1.807) is 12.1 Å². The predicted octanol–water partition coefficient (Wildman–Crippen LogP) is 8.48. The molecule has 0 unspecified atom stereocenters. The highest BCUT2D eigenvalue weighted by Gasteiger charge is 2.30. The van der Waals surface area contributed by atoms with Crippen LogP contribution in [0.4, 0.5) is 18.9 Å². The van der Waals surface area contributed by atoms with E-state index in [0.717, 1.165) is 48.4 Å². The van der Waals surface area contributed by atoms with E-state index in [0.29, 0.717) is 5.75 Å². The van der Waals surface area contributed by atoms with Crippen LogP contribution in [0.15, 0.2) is 103 Å². The van der Waals surface area contributed by atoms with Crippen molar-refractivity contribution in [3.05, 3.63) is 109 Å². The van der Waals surface area contributed by atoms with Crippen LogP contribution < -0.4 is 14.8 Å². The molecule has 4 aromatic rings. The molecule has 0 saturated carbocycles. The topological polar surface area (TPSA) is 30.5 Å². The van der Waals surface area contributed by atoms with Crippen molar-refractivity contribution < 1.29 is 22.6 Å². The Hall–Kier alpha value is -3.93. The fourth-order valence-corrected chi connectivity index (χ4v) is 3.72. The van der Waals surface area contributed by atoms with E-state index in [1.807, 2.05) is 66.7 Å². The summed E-state index contributed by atoms with van der Waals surface area (Å²) in [6.45, 7) is 0.764. The lowest BCUT2D eigenvalue weighted by atomic mass is 10.0. The average molecular weight is 478 g/mol. The summed E-state index contributed by atoms with van der Waals surface area (Å²) in [5.74, 6) is 1.16. The zero-order valence-electron chi connectivity index (χ0n) is 19.1. The summed E-state index contributed by atoms with van der Waals surface area (Å²) in [6.07, 6.45) is -1.67. The molecule has 0 aliphatic carbocycles. The minimum Gasteiger partial charge on any atom is -0.455 e. The van der Waals surface area contributed by atoms with Crippen LogP contribution in [0.5, 0.6) is 17.2 Å². The second kappa shape index (κ2) is 11.5. The number of alkyl halides is 3. The predicted molar refractivity (Wildman–Crippen MR) is 133 cm³/mol. The molecule has 0 bridgehead atoms. The standard InChI is InChI=1S/C29H26F3NO2/c30-29(31,32)35-26-17-14-23(15-18-26)24-16-19-28(34-25-12-5-2-6-13-25)27(21-24)33-20-8-7-11-22-9-3-1-4-10-22/h1-6,9-10,12-19,21,33H,7-8,11,20H2. The Balaban J connectivity index is 1.47. The van der Waals surface area contributed by atoms with Crippen molar-refractivity contribution in [2.45, 2.75) is 25.6 Å². The molecule has 35 heavy (non-hydrogen) atoms. The van der Waals surface area contributed by atoms with Gasteiger partial charge in [0.05, 0.1) is 5.69 Å². The molecule has 0 atom stereocenters. The summed E-state index contributed by atoms with van der Waals surface area (Å²) < 4.78 is 47.5. The molecule has 0 fully saturated rings. The van der Waals surface area contributed by atoms with Gasteiger partial charge >= 0.3 is 6.36 Å². The summed E-state index contributed by atoms with van der Waals surface area (Å²) in [4.78, 5) is 0. The van der Waals surface area contributed by atoms with Gasteiger partial charge in [0.2, 0.25) is 0 Å². The summed E-state index contributed by atoms with van der Waals surface area (Å²) in [5.41, 5.74) is 3.77. The Morgan fingerprint density at radius 3 is 2.00 bits per heavy atom. The summed E-state index contributed by atoms with van der Waals surface area (Å²) in [7, 11) is 0. The van der Waals surface area contributed by atoms with Crippen molar-refractivity contribution in [1.82, 2.24) is 0 Å². The van der Waals surface area contributed by atoms with Gasteiger partial charge in [-0.1, -0.05) is 66.7 Å². The number of benzene rings is 4. The normalized spacial score (nSPS) is 11.2. The molecule has 0 aliphatic heterocycles. The third kappa shape index (κ3) is 7.54. The molecule has 0 aromatic heterocycles. The zero-order chi connectivity index (χ0) is 24.5. The van der Waals surface area contributed by atoms with Crippen LogP contribution in [-0.4, -0.2) is 12.9 Å². The van der Waals surface area contributed by atoms with Crippen LogP contribution in [0.25, 0.3) is 11.1 Å². The molecule has 3 nitrogen and oxygen atoms in total. The van der Waals surface area contributed by atoms with E-state index in [1.165, 1.54) is 17.7 Å². The maximum Gasteiger partial charge on any atom is 0.573 e. The minimum absolute atomic E-state index is 0.248. The Morgan fingerprint density at radius 1 is 0.657 bits per heavy atom. The molecular formula is C29H26F3NO2. The number of anilines is 1. The van der Waals surface area contributed by atoms with Crippen LogP contribution in [0.3, 0.4) is 0 Å². The summed E-state index contributed by atoms with van der Waals surface area (Å²) in [5, 5.41) is 3.47. The summed E-state index contributed by atoms with van der Waals surface area (Å²) in [6, 6.07) is 31.4. The molecule has 180 valence electrons. The quantitative estimate of drug-likeness (QED) is 0.232. The second-order valence-corrected chi connectivity index (χ2v) is 8.07. The number of nitrogens with one attached hydrogen (secondary N) is 1. The Morgan fingerprint density at radius 2 is 1.31 bits per heavy atom. The van der Waals surface area contributed by atoms with Crippen LogP contribution >= 0.6 is 0 Å². The maximum absolute atomic E-state index is 12.5. The van der Waals surface area contributed by atoms with Crippen LogP contribution in [-0.2, 0) is 6.42 Å². The first-order valence-electron chi connectivity index (χ1n) is 11.5. The summed E-state index contributed by atoms with van der Waals surface area (Å²) >= 11 is 0. The fraction of sp³-hybridized carbons (Fsp3) is 0.172. The van der Waals surface area contributed by atoms with Gasteiger partial charge in [-0.25, -0.2) is 0 Å². The van der Waals surface area contributed by atoms with E-state index < -0.39 is 6.36 Å². The van der Waals surface area contributed by atoms with E-state index in [-0.39, 0.29) is 5.75 Å². The number of halogens is 3. The van der Waals surface area contributed by atoms with Gasteiger partial charge in [0, 0.05) is 6.54 Å². The van der Waals surface area contributed by atoms with Gasteiger partial charge in [0.1, 0.15) is 11.5 Å². The lowest BCUT2D eigenvalue weighted by Crippen LogP contribution is -2.16. The molecule has 0 saturated heterocycles. The maximum atomic E-state index is 12.5. The number of ether oxygens (including phenoxy) is 2. The highest BCUT2D eigenvalue weighted by atomic mass is 19.4. The molecule has 0 aliphatic rings. The van der Waals surface area contributed by atoms with Crippen molar-refractivity contribution in [2.24, 2.45) is 0 Å². The Bertz CT molecular complexity index is 1190. The van der Waals surface area contributed by atoms with Crippen molar-refractivity contribution in [3.63, 3.8) is 0 Å². The fourth-order valence-electron chi connectivity index (χ4n) is 3.72. The lowest BCUT2D eigenvalue weighted by Gasteiger charge is -2.15. The van der Waals surface area contributed by atoms with Crippen molar-refractivity contribution in [2.75, 3.05) is 11.9 Å². The van der Waals surface area contributed by atoms with Gasteiger partial charge in [-0.05, 0) is 72.4 Å². The monoisotopic (exact) mass is 477 g/mol. The second-order valence-electron chi connectivity index (χ2n) is 8.07. The molecule has 0 amide bonds. The number of aryl methyl sites for hydroxylation is 1. The van der Waals surface area contributed by atoms with Gasteiger partial charge in [-0.2, -0.15) is 0 Å². The van der Waals surface area contributed by atoms with E-state index in [9.17, 15) is 13.2 Å². The molecule has 6 heteroatoms. The van der Waals surface area contributed by atoms with Crippen LogP contribution in [0.1, 0.15) is 18.4 Å². The highest BCUT2D eigenvalue weighted by molar-refractivity contribution is 5.72. The first kappa shape index (κ1) is 24.2. The van der Waals surface area contributed by atoms with Crippen molar-refractivity contribution >= 4 is 5.69 Å². The number of hydrogen-bond donors (Lipinski definition) is 1. The number of hydrogen-bond acceptors (Lipinski definition) is 3. The molecule has 1 N–H and O–H groups in total. The van der Waals surface area contributed by atoms with Gasteiger partial charge in [-0.15, -0.1) is 13.2 Å². The molecule has 0 heterocycles. The third-order valence-electron chi connectivity index (χ3n) is 5.42.